The molecular formula is C12H17ClN2O. The third-order valence-corrected chi connectivity index (χ3v) is 3.45. The van der Waals surface area contributed by atoms with Crippen molar-refractivity contribution in [3.63, 3.8) is 0 Å². The summed E-state index contributed by atoms with van der Waals surface area (Å²) in [6, 6.07) is 1.92. The van der Waals surface area contributed by atoms with E-state index >= 15 is 0 Å². The Bertz CT molecular complexity index is 340. The second-order valence-electron chi connectivity index (χ2n) is 4.30. The Labute approximate surface area is 101 Å². The number of pyridine rings is 1. The molecule has 0 saturated carbocycles. The van der Waals surface area contributed by atoms with Gasteiger partial charge in [0.05, 0.1) is 5.02 Å². The van der Waals surface area contributed by atoms with Gasteiger partial charge in [-0.05, 0) is 36.8 Å². The fraction of sp³-hybridized carbons (Fsp3) is 0.583. The molecule has 1 fully saturated rings. The van der Waals surface area contributed by atoms with E-state index in [1.54, 1.807) is 12.4 Å². The van der Waals surface area contributed by atoms with Crippen LogP contribution in [0.15, 0.2) is 18.5 Å². The van der Waals surface area contributed by atoms with Crippen molar-refractivity contribution in [2.45, 2.75) is 25.3 Å². The molecule has 0 bridgehead atoms. The zero-order valence-corrected chi connectivity index (χ0v) is 9.99. The molecule has 88 valence electrons. The molecule has 0 aliphatic carbocycles. The van der Waals surface area contributed by atoms with Crippen LogP contribution < -0.4 is 5.73 Å². The highest BCUT2D eigenvalue weighted by Gasteiger charge is 2.19. The van der Waals surface area contributed by atoms with Crippen LogP contribution in [0.1, 0.15) is 30.9 Å². The molecule has 1 aliphatic rings. The van der Waals surface area contributed by atoms with E-state index in [0.717, 1.165) is 38.0 Å². The highest BCUT2D eigenvalue weighted by atomic mass is 35.5. The van der Waals surface area contributed by atoms with Crippen molar-refractivity contribution >= 4 is 11.6 Å². The van der Waals surface area contributed by atoms with Gasteiger partial charge in [-0.3, -0.25) is 4.98 Å². The summed E-state index contributed by atoms with van der Waals surface area (Å²) >= 11 is 6.07. The lowest BCUT2D eigenvalue weighted by Gasteiger charge is -2.25. The summed E-state index contributed by atoms with van der Waals surface area (Å²) in [5, 5.41) is 0.669. The molecule has 2 N–H and O–H groups in total. The maximum absolute atomic E-state index is 6.17. The van der Waals surface area contributed by atoms with E-state index in [1.807, 2.05) is 6.07 Å². The number of ether oxygens (including phenoxy) is 1. The van der Waals surface area contributed by atoms with Crippen molar-refractivity contribution in [1.82, 2.24) is 4.98 Å². The van der Waals surface area contributed by atoms with Crippen LogP contribution in [0, 0.1) is 5.92 Å². The van der Waals surface area contributed by atoms with Crippen LogP contribution in [0.4, 0.5) is 0 Å². The zero-order chi connectivity index (χ0) is 11.4. The Morgan fingerprint density at radius 1 is 1.50 bits per heavy atom. The molecule has 1 atom stereocenters. The number of hydrogen-bond donors (Lipinski definition) is 1. The molecule has 0 amide bonds. The molecular weight excluding hydrogens is 224 g/mol. The second kappa shape index (κ2) is 5.62. The number of nitrogens with zero attached hydrogens (tertiary/aromatic N) is 1. The maximum Gasteiger partial charge on any atom is 0.0637 e. The second-order valence-corrected chi connectivity index (χ2v) is 4.70. The molecule has 0 spiro atoms. The Morgan fingerprint density at radius 3 is 2.94 bits per heavy atom. The largest absolute Gasteiger partial charge is 0.381 e. The van der Waals surface area contributed by atoms with E-state index in [9.17, 15) is 0 Å². The Morgan fingerprint density at radius 2 is 2.25 bits per heavy atom. The van der Waals surface area contributed by atoms with Gasteiger partial charge in [-0.2, -0.15) is 0 Å². The van der Waals surface area contributed by atoms with E-state index in [4.69, 9.17) is 22.1 Å². The highest BCUT2D eigenvalue weighted by Crippen LogP contribution is 2.28. The number of halogens is 1. The van der Waals surface area contributed by atoms with Crippen LogP contribution in [0.5, 0.6) is 0 Å². The van der Waals surface area contributed by atoms with Gasteiger partial charge in [-0.25, -0.2) is 0 Å². The van der Waals surface area contributed by atoms with Crippen LogP contribution in [0.25, 0.3) is 0 Å². The molecule has 0 aromatic carbocycles. The van der Waals surface area contributed by atoms with Gasteiger partial charge in [0.1, 0.15) is 0 Å². The van der Waals surface area contributed by atoms with E-state index in [1.165, 1.54) is 0 Å². The van der Waals surface area contributed by atoms with Crippen molar-refractivity contribution < 1.29 is 4.74 Å². The van der Waals surface area contributed by atoms with Crippen LogP contribution in [-0.2, 0) is 4.74 Å². The monoisotopic (exact) mass is 240 g/mol. The number of rotatable bonds is 3. The highest BCUT2D eigenvalue weighted by molar-refractivity contribution is 6.31. The Balaban J connectivity index is 1.96. The van der Waals surface area contributed by atoms with E-state index < -0.39 is 0 Å². The van der Waals surface area contributed by atoms with Crippen molar-refractivity contribution in [3.8, 4) is 0 Å². The summed E-state index contributed by atoms with van der Waals surface area (Å²) in [4.78, 5) is 3.97. The Kier molecular flexibility index (Phi) is 4.16. The van der Waals surface area contributed by atoms with Crippen LogP contribution in [0.2, 0.25) is 5.02 Å². The molecule has 2 heterocycles. The van der Waals surface area contributed by atoms with Crippen LogP contribution in [-0.4, -0.2) is 18.2 Å². The van der Waals surface area contributed by atoms with Gasteiger partial charge in [0, 0.05) is 31.6 Å². The Hall–Kier alpha value is -0.640. The molecule has 1 aliphatic heterocycles. The van der Waals surface area contributed by atoms with Gasteiger partial charge >= 0.3 is 0 Å². The van der Waals surface area contributed by atoms with Gasteiger partial charge in [-0.15, -0.1) is 0 Å². The minimum atomic E-state index is 0.0126. The minimum Gasteiger partial charge on any atom is -0.381 e. The smallest absolute Gasteiger partial charge is 0.0637 e. The SMILES string of the molecule is NC(CC1CCOCC1)c1ccncc1Cl. The fourth-order valence-electron chi connectivity index (χ4n) is 2.15. The third-order valence-electron chi connectivity index (χ3n) is 3.13. The summed E-state index contributed by atoms with van der Waals surface area (Å²) in [6.45, 7) is 1.73. The van der Waals surface area contributed by atoms with Crippen LogP contribution in [0.3, 0.4) is 0 Å². The molecule has 1 unspecified atom stereocenters. The number of nitrogens with two attached hydrogens (primary N) is 1. The average Bonchev–Trinajstić information content (AvgIpc) is 2.31. The van der Waals surface area contributed by atoms with Crippen molar-refractivity contribution in [3.05, 3.63) is 29.0 Å². The molecule has 1 aromatic heterocycles. The molecule has 2 rings (SSSR count). The maximum atomic E-state index is 6.17. The van der Waals surface area contributed by atoms with Gasteiger partial charge in [0.15, 0.2) is 0 Å². The first-order valence-corrected chi connectivity index (χ1v) is 6.08. The molecule has 1 saturated heterocycles. The average molecular weight is 241 g/mol. The summed E-state index contributed by atoms with van der Waals surface area (Å²) in [7, 11) is 0. The first kappa shape index (κ1) is 11.8. The first-order chi connectivity index (χ1) is 7.77. The summed E-state index contributed by atoms with van der Waals surface area (Å²) in [5.41, 5.74) is 7.18. The van der Waals surface area contributed by atoms with Crippen molar-refractivity contribution in [2.24, 2.45) is 11.7 Å². The van der Waals surface area contributed by atoms with Gasteiger partial charge < -0.3 is 10.5 Å². The van der Waals surface area contributed by atoms with Gasteiger partial charge in [0.2, 0.25) is 0 Å². The third kappa shape index (κ3) is 2.94. The first-order valence-electron chi connectivity index (χ1n) is 5.70. The topological polar surface area (TPSA) is 48.1 Å². The molecule has 1 aromatic rings. The molecule has 4 heteroatoms. The molecule has 3 nitrogen and oxygen atoms in total. The lowest BCUT2D eigenvalue weighted by molar-refractivity contribution is 0.0618. The number of hydrogen-bond acceptors (Lipinski definition) is 3. The van der Waals surface area contributed by atoms with Crippen molar-refractivity contribution in [2.75, 3.05) is 13.2 Å². The predicted molar refractivity (Wildman–Crippen MR) is 64.3 cm³/mol. The quantitative estimate of drug-likeness (QED) is 0.883. The van der Waals surface area contributed by atoms with Gasteiger partial charge in [0.25, 0.3) is 0 Å². The van der Waals surface area contributed by atoms with E-state index in [2.05, 4.69) is 4.98 Å². The number of aromatic nitrogens is 1. The standard InChI is InChI=1S/C12H17ClN2O/c13-11-8-15-4-1-10(11)12(14)7-9-2-5-16-6-3-9/h1,4,8-9,12H,2-3,5-7,14H2. The lowest BCUT2D eigenvalue weighted by atomic mass is 9.90. The summed E-state index contributed by atoms with van der Waals surface area (Å²) in [6.07, 6.45) is 6.59. The van der Waals surface area contributed by atoms with Crippen LogP contribution >= 0.6 is 11.6 Å². The predicted octanol–water partition coefficient (Wildman–Crippen LogP) is 2.55. The normalized spacial score (nSPS) is 19.6. The van der Waals surface area contributed by atoms with E-state index in [-0.39, 0.29) is 6.04 Å². The fourth-order valence-corrected chi connectivity index (χ4v) is 2.41. The van der Waals surface area contributed by atoms with Crippen molar-refractivity contribution in [1.29, 1.82) is 0 Å². The van der Waals surface area contributed by atoms with E-state index in [0.29, 0.717) is 10.9 Å². The lowest BCUT2D eigenvalue weighted by Crippen LogP contribution is -2.21. The zero-order valence-electron chi connectivity index (χ0n) is 9.23. The van der Waals surface area contributed by atoms with Gasteiger partial charge in [-0.1, -0.05) is 11.6 Å². The summed E-state index contributed by atoms with van der Waals surface area (Å²) < 4.78 is 5.33. The molecule has 0 radical (unpaired) electrons. The molecule has 16 heavy (non-hydrogen) atoms. The minimum absolute atomic E-state index is 0.0126. The summed E-state index contributed by atoms with van der Waals surface area (Å²) in [5.74, 6) is 0.660.